The lowest BCUT2D eigenvalue weighted by Crippen LogP contribution is -2.39. The molecule has 1 aromatic heterocycles. The van der Waals surface area contributed by atoms with Crippen molar-refractivity contribution in [2.75, 3.05) is 20.1 Å². The second-order valence-corrected chi connectivity index (χ2v) is 7.27. The molecule has 1 aliphatic rings. The minimum atomic E-state index is 0. The fourth-order valence-electron chi connectivity index (χ4n) is 3.22. The summed E-state index contributed by atoms with van der Waals surface area (Å²) < 4.78 is 2.98. The third kappa shape index (κ3) is 5.70. The fourth-order valence-corrected chi connectivity index (χ4v) is 3.48. The molecule has 1 fully saturated rings. The molecule has 0 saturated carbocycles. The van der Waals surface area contributed by atoms with Crippen LogP contribution in [0.15, 0.2) is 46.1 Å². The summed E-state index contributed by atoms with van der Waals surface area (Å²) in [6.45, 7) is 2.91. The number of nitrogens with zero attached hydrogens (tertiary/aromatic N) is 4. The standard InChI is InChI=1S/C18H24BrN5.HI/c1-20-18(21-10-14-3-5-17(19)6-4-14)24-8-7-15(13-24)9-16-11-22-23(2)12-16;/h3-6,11-12,15H,7-10,13H2,1-2H3,(H,20,21);1H. The van der Waals surface area contributed by atoms with E-state index in [1.807, 2.05) is 25.0 Å². The number of aryl methyl sites for hydroxylation is 1. The monoisotopic (exact) mass is 517 g/mol. The van der Waals surface area contributed by atoms with Crippen LogP contribution in [0.25, 0.3) is 0 Å². The molecule has 1 N–H and O–H groups in total. The molecule has 1 atom stereocenters. The lowest BCUT2D eigenvalue weighted by Gasteiger charge is -2.21. The Labute approximate surface area is 175 Å². The van der Waals surface area contributed by atoms with Gasteiger partial charge in [-0.15, -0.1) is 24.0 Å². The van der Waals surface area contributed by atoms with E-state index in [0.29, 0.717) is 5.92 Å². The lowest BCUT2D eigenvalue weighted by atomic mass is 10.0. The van der Waals surface area contributed by atoms with Crippen molar-refractivity contribution in [3.8, 4) is 0 Å². The number of hydrogen-bond acceptors (Lipinski definition) is 2. The van der Waals surface area contributed by atoms with Crippen LogP contribution >= 0.6 is 39.9 Å². The van der Waals surface area contributed by atoms with Gasteiger partial charge in [0.2, 0.25) is 0 Å². The molecule has 0 amide bonds. The number of hydrogen-bond donors (Lipinski definition) is 1. The van der Waals surface area contributed by atoms with Crippen molar-refractivity contribution in [1.82, 2.24) is 20.0 Å². The highest BCUT2D eigenvalue weighted by atomic mass is 127. The van der Waals surface area contributed by atoms with E-state index in [9.17, 15) is 0 Å². The van der Waals surface area contributed by atoms with Crippen LogP contribution < -0.4 is 5.32 Å². The number of rotatable bonds is 4. The van der Waals surface area contributed by atoms with Gasteiger partial charge in [0, 0.05) is 44.4 Å². The van der Waals surface area contributed by atoms with Gasteiger partial charge in [-0.2, -0.15) is 5.10 Å². The van der Waals surface area contributed by atoms with E-state index in [-0.39, 0.29) is 24.0 Å². The second kappa shape index (κ2) is 9.56. The van der Waals surface area contributed by atoms with Gasteiger partial charge >= 0.3 is 0 Å². The van der Waals surface area contributed by atoms with E-state index in [1.165, 1.54) is 17.5 Å². The maximum Gasteiger partial charge on any atom is 0.193 e. The van der Waals surface area contributed by atoms with Crippen molar-refractivity contribution in [3.63, 3.8) is 0 Å². The summed E-state index contributed by atoms with van der Waals surface area (Å²) >= 11 is 3.47. The van der Waals surface area contributed by atoms with Crippen LogP contribution in [-0.4, -0.2) is 40.8 Å². The summed E-state index contributed by atoms with van der Waals surface area (Å²) in [5.74, 6) is 1.66. The van der Waals surface area contributed by atoms with E-state index in [1.54, 1.807) is 0 Å². The molecule has 1 unspecified atom stereocenters. The summed E-state index contributed by atoms with van der Waals surface area (Å²) in [4.78, 5) is 6.82. The first-order chi connectivity index (χ1) is 11.6. The van der Waals surface area contributed by atoms with E-state index >= 15 is 0 Å². The van der Waals surface area contributed by atoms with Gasteiger partial charge in [0.25, 0.3) is 0 Å². The molecule has 0 bridgehead atoms. The van der Waals surface area contributed by atoms with Crippen molar-refractivity contribution >= 4 is 45.9 Å². The smallest absolute Gasteiger partial charge is 0.193 e. The van der Waals surface area contributed by atoms with Gasteiger partial charge in [0.1, 0.15) is 0 Å². The summed E-state index contributed by atoms with van der Waals surface area (Å²) in [6, 6.07) is 8.39. The molecule has 2 heterocycles. The van der Waals surface area contributed by atoms with Gasteiger partial charge in [-0.3, -0.25) is 9.67 Å². The molecule has 136 valence electrons. The van der Waals surface area contributed by atoms with Crippen LogP contribution in [0.5, 0.6) is 0 Å². The first kappa shape index (κ1) is 20.2. The van der Waals surface area contributed by atoms with Gasteiger partial charge in [-0.1, -0.05) is 28.1 Å². The van der Waals surface area contributed by atoms with Gasteiger partial charge in [-0.25, -0.2) is 0 Å². The molecular weight excluding hydrogens is 493 g/mol. The minimum Gasteiger partial charge on any atom is -0.352 e. The summed E-state index contributed by atoms with van der Waals surface area (Å²) in [7, 11) is 3.83. The van der Waals surface area contributed by atoms with Crippen molar-refractivity contribution in [2.24, 2.45) is 18.0 Å². The predicted octanol–water partition coefficient (Wildman–Crippen LogP) is 3.44. The van der Waals surface area contributed by atoms with E-state index in [0.717, 1.165) is 36.5 Å². The Bertz CT molecular complexity index is 698. The van der Waals surface area contributed by atoms with Gasteiger partial charge < -0.3 is 10.2 Å². The highest BCUT2D eigenvalue weighted by Gasteiger charge is 2.25. The van der Waals surface area contributed by atoms with Gasteiger partial charge in [0.05, 0.1) is 6.20 Å². The number of aromatic nitrogens is 2. The molecule has 25 heavy (non-hydrogen) atoms. The molecule has 2 aromatic rings. The maximum atomic E-state index is 4.45. The highest BCUT2D eigenvalue weighted by Crippen LogP contribution is 2.20. The van der Waals surface area contributed by atoms with E-state index < -0.39 is 0 Å². The Morgan fingerprint density at radius 3 is 2.72 bits per heavy atom. The quantitative estimate of drug-likeness (QED) is 0.384. The SMILES string of the molecule is CN=C(NCc1ccc(Br)cc1)N1CCC(Cc2cnn(C)c2)C1.I. The Morgan fingerprint density at radius 2 is 2.08 bits per heavy atom. The van der Waals surface area contributed by atoms with Crippen LogP contribution in [0.4, 0.5) is 0 Å². The molecular formula is C18H25BrIN5. The van der Waals surface area contributed by atoms with Gasteiger partial charge in [0.15, 0.2) is 5.96 Å². The molecule has 3 rings (SSSR count). The molecule has 0 radical (unpaired) electrons. The summed E-state index contributed by atoms with van der Waals surface area (Å²) in [6.07, 6.45) is 6.38. The Kier molecular flexibility index (Phi) is 7.74. The first-order valence-corrected chi connectivity index (χ1v) is 9.11. The predicted molar refractivity (Wildman–Crippen MR) is 116 cm³/mol. The average Bonchev–Trinajstić information content (AvgIpc) is 3.20. The zero-order chi connectivity index (χ0) is 16.9. The largest absolute Gasteiger partial charge is 0.352 e. The average molecular weight is 518 g/mol. The number of nitrogens with one attached hydrogen (secondary N) is 1. The molecule has 7 heteroatoms. The number of benzene rings is 1. The number of halogens is 2. The Hall–Kier alpha value is -1.09. The fraction of sp³-hybridized carbons (Fsp3) is 0.444. The third-order valence-electron chi connectivity index (χ3n) is 4.44. The molecule has 1 aliphatic heterocycles. The van der Waals surface area contributed by atoms with Crippen LogP contribution in [0, 0.1) is 5.92 Å². The number of likely N-dealkylation sites (tertiary alicyclic amines) is 1. The normalized spacial score (nSPS) is 17.5. The van der Waals surface area contributed by atoms with Crippen LogP contribution in [-0.2, 0) is 20.0 Å². The maximum absolute atomic E-state index is 4.45. The third-order valence-corrected chi connectivity index (χ3v) is 4.97. The first-order valence-electron chi connectivity index (χ1n) is 8.31. The second-order valence-electron chi connectivity index (χ2n) is 6.35. The van der Waals surface area contributed by atoms with Crippen LogP contribution in [0.1, 0.15) is 17.5 Å². The van der Waals surface area contributed by atoms with Crippen molar-refractivity contribution in [3.05, 3.63) is 52.3 Å². The van der Waals surface area contributed by atoms with Crippen molar-refractivity contribution in [1.29, 1.82) is 0 Å². The molecule has 0 spiro atoms. The van der Waals surface area contributed by atoms with Crippen LogP contribution in [0.3, 0.4) is 0 Å². The highest BCUT2D eigenvalue weighted by molar-refractivity contribution is 14.0. The molecule has 0 aliphatic carbocycles. The van der Waals surface area contributed by atoms with Gasteiger partial charge in [-0.05, 0) is 42.0 Å². The van der Waals surface area contributed by atoms with E-state index in [2.05, 4.69) is 66.7 Å². The molecule has 1 saturated heterocycles. The zero-order valence-corrected chi connectivity index (χ0v) is 18.6. The van der Waals surface area contributed by atoms with Crippen molar-refractivity contribution in [2.45, 2.75) is 19.4 Å². The lowest BCUT2D eigenvalue weighted by molar-refractivity contribution is 0.459. The number of aliphatic imine (C=N–C) groups is 1. The minimum absolute atomic E-state index is 0. The molecule has 5 nitrogen and oxygen atoms in total. The Balaban J connectivity index is 0.00000225. The Morgan fingerprint density at radius 1 is 1.32 bits per heavy atom. The van der Waals surface area contributed by atoms with E-state index in [4.69, 9.17) is 0 Å². The van der Waals surface area contributed by atoms with Crippen molar-refractivity contribution < 1.29 is 0 Å². The summed E-state index contributed by atoms with van der Waals surface area (Å²) in [5.41, 5.74) is 2.58. The van der Waals surface area contributed by atoms with Crippen LogP contribution in [0.2, 0.25) is 0 Å². The number of guanidine groups is 1. The topological polar surface area (TPSA) is 45.5 Å². The summed E-state index contributed by atoms with van der Waals surface area (Å²) in [5, 5.41) is 7.74. The zero-order valence-electron chi connectivity index (χ0n) is 14.7. The molecule has 1 aromatic carbocycles.